The van der Waals surface area contributed by atoms with Gasteiger partial charge in [0.2, 0.25) is 0 Å². The maximum atomic E-state index is 3.83. The quantitative estimate of drug-likeness (QED) is 0.588. The minimum Gasteiger partial charge on any atom is -0.355 e. The summed E-state index contributed by atoms with van der Waals surface area (Å²) in [6.07, 6.45) is 0. The Bertz CT molecular complexity index is 699. The van der Waals surface area contributed by atoms with Crippen molar-refractivity contribution >= 4 is 11.4 Å². The Labute approximate surface area is 154 Å². The van der Waals surface area contributed by atoms with Crippen molar-refractivity contribution in [2.24, 2.45) is 0 Å². The fraction of sp³-hybridized carbons (Fsp3) is 0.500. The summed E-state index contributed by atoms with van der Waals surface area (Å²) < 4.78 is 0. The third kappa shape index (κ3) is 4.26. The molecule has 2 aromatic rings. The SMILES string of the molecule is Cc1cc(C)c(Nc2c(C(C)C)cc(C(C)C)cc2C(C)C)c(C)c1. The third-order valence-electron chi connectivity index (χ3n) is 5.06. The summed E-state index contributed by atoms with van der Waals surface area (Å²) in [5.41, 5.74) is 10.8. The average Bonchev–Trinajstić information content (AvgIpc) is 2.49. The first-order chi connectivity index (χ1) is 11.6. The molecule has 0 saturated carbocycles. The Morgan fingerprint density at radius 3 is 1.40 bits per heavy atom. The molecule has 0 amide bonds. The van der Waals surface area contributed by atoms with Crippen molar-refractivity contribution in [3.63, 3.8) is 0 Å². The van der Waals surface area contributed by atoms with E-state index in [9.17, 15) is 0 Å². The lowest BCUT2D eigenvalue weighted by Gasteiger charge is -2.25. The third-order valence-corrected chi connectivity index (χ3v) is 5.06. The summed E-state index contributed by atoms with van der Waals surface area (Å²) in [7, 11) is 0. The van der Waals surface area contributed by atoms with Gasteiger partial charge < -0.3 is 5.32 Å². The molecule has 0 aliphatic carbocycles. The molecule has 2 aromatic carbocycles. The van der Waals surface area contributed by atoms with Crippen LogP contribution < -0.4 is 5.32 Å². The van der Waals surface area contributed by atoms with Gasteiger partial charge in [-0.05, 0) is 66.3 Å². The van der Waals surface area contributed by atoms with Gasteiger partial charge in [0.1, 0.15) is 0 Å². The summed E-state index contributed by atoms with van der Waals surface area (Å²) in [5, 5.41) is 3.83. The predicted octanol–water partition coefficient (Wildman–Crippen LogP) is 7.73. The molecule has 136 valence electrons. The van der Waals surface area contributed by atoms with Gasteiger partial charge >= 0.3 is 0 Å². The van der Waals surface area contributed by atoms with Crippen molar-refractivity contribution in [1.29, 1.82) is 0 Å². The van der Waals surface area contributed by atoms with Crippen molar-refractivity contribution in [2.45, 2.75) is 80.1 Å². The lowest BCUT2D eigenvalue weighted by Crippen LogP contribution is -2.08. The van der Waals surface area contributed by atoms with Gasteiger partial charge in [0.25, 0.3) is 0 Å². The van der Waals surface area contributed by atoms with Crippen molar-refractivity contribution in [3.8, 4) is 0 Å². The van der Waals surface area contributed by atoms with Crippen LogP contribution in [0.1, 0.15) is 92.7 Å². The van der Waals surface area contributed by atoms with Crippen molar-refractivity contribution in [1.82, 2.24) is 0 Å². The molecule has 1 nitrogen and oxygen atoms in total. The summed E-state index contributed by atoms with van der Waals surface area (Å²) in [6.45, 7) is 20.3. The first kappa shape index (κ1) is 19.6. The van der Waals surface area contributed by atoms with E-state index >= 15 is 0 Å². The average molecular weight is 338 g/mol. The van der Waals surface area contributed by atoms with E-state index in [1.165, 1.54) is 44.8 Å². The van der Waals surface area contributed by atoms with Gasteiger partial charge in [-0.3, -0.25) is 0 Å². The van der Waals surface area contributed by atoms with Crippen LogP contribution in [0.4, 0.5) is 11.4 Å². The second kappa shape index (κ2) is 7.64. The molecule has 0 unspecified atom stereocenters. The molecular weight excluding hydrogens is 302 g/mol. The van der Waals surface area contributed by atoms with E-state index in [-0.39, 0.29) is 0 Å². The van der Waals surface area contributed by atoms with E-state index in [1.54, 1.807) is 0 Å². The topological polar surface area (TPSA) is 12.0 Å². The minimum atomic E-state index is 0.491. The molecule has 0 saturated heterocycles. The standard InChI is InChI=1S/C24H35N/c1-14(2)20-12-21(15(3)4)24(22(13-20)16(5)6)25-23-18(8)10-17(7)11-19(23)9/h10-16,25H,1-9H3. The predicted molar refractivity (Wildman–Crippen MR) is 113 cm³/mol. The van der Waals surface area contributed by atoms with Crippen LogP contribution in [0.15, 0.2) is 24.3 Å². The molecule has 1 N–H and O–H groups in total. The number of aryl methyl sites for hydroxylation is 3. The van der Waals surface area contributed by atoms with Crippen molar-refractivity contribution in [3.05, 3.63) is 57.6 Å². The monoisotopic (exact) mass is 337 g/mol. The highest BCUT2D eigenvalue weighted by Gasteiger charge is 2.18. The Kier molecular flexibility index (Phi) is 5.98. The molecule has 25 heavy (non-hydrogen) atoms. The molecule has 0 fully saturated rings. The molecule has 0 aliphatic rings. The highest BCUT2D eigenvalue weighted by atomic mass is 14.9. The van der Waals surface area contributed by atoms with Crippen molar-refractivity contribution in [2.75, 3.05) is 5.32 Å². The summed E-state index contributed by atoms with van der Waals surface area (Å²) in [4.78, 5) is 0. The van der Waals surface area contributed by atoms with E-state index in [0.717, 1.165) is 0 Å². The molecule has 0 radical (unpaired) electrons. The fourth-order valence-electron chi connectivity index (χ4n) is 3.60. The maximum Gasteiger partial charge on any atom is 0.0454 e. The maximum absolute atomic E-state index is 3.83. The van der Waals surface area contributed by atoms with Crippen LogP contribution in [-0.2, 0) is 0 Å². The Balaban J connectivity index is 2.67. The Hall–Kier alpha value is -1.76. The van der Waals surface area contributed by atoms with Gasteiger partial charge in [0.05, 0.1) is 0 Å². The van der Waals surface area contributed by atoms with Crippen LogP contribution in [0.3, 0.4) is 0 Å². The lowest BCUT2D eigenvalue weighted by molar-refractivity contribution is 0.808. The summed E-state index contributed by atoms with van der Waals surface area (Å²) in [5.74, 6) is 1.53. The van der Waals surface area contributed by atoms with E-state index < -0.39 is 0 Å². The molecule has 0 aromatic heterocycles. The zero-order chi connectivity index (χ0) is 18.9. The van der Waals surface area contributed by atoms with E-state index in [0.29, 0.717) is 17.8 Å². The number of rotatable bonds is 5. The van der Waals surface area contributed by atoms with Gasteiger partial charge in [0.15, 0.2) is 0 Å². The number of hydrogen-bond acceptors (Lipinski definition) is 1. The fourth-order valence-corrected chi connectivity index (χ4v) is 3.60. The van der Waals surface area contributed by atoms with Gasteiger partial charge in [-0.1, -0.05) is 71.4 Å². The van der Waals surface area contributed by atoms with Crippen LogP contribution >= 0.6 is 0 Å². The van der Waals surface area contributed by atoms with Crippen LogP contribution in [0.5, 0.6) is 0 Å². The number of nitrogens with one attached hydrogen (secondary N) is 1. The Morgan fingerprint density at radius 2 is 1.04 bits per heavy atom. The minimum absolute atomic E-state index is 0.491. The smallest absolute Gasteiger partial charge is 0.0454 e. The molecule has 0 spiro atoms. The highest BCUT2D eigenvalue weighted by molar-refractivity contribution is 5.73. The lowest BCUT2D eigenvalue weighted by atomic mass is 9.87. The molecule has 2 rings (SSSR count). The molecule has 0 aliphatic heterocycles. The number of anilines is 2. The van der Waals surface area contributed by atoms with E-state index in [1.807, 2.05) is 0 Å². The Morgan fingerprint density at radius 1 is 0.600 bits per heavy atom. The van der Waals surface area contributed by atoms with Crippen LogP contribution in [0.2, 0.25) is 0 Å². The molecule has 0 heterocycles. The molecule has 0 atom stereocenters. The summed E-state index contributed by atoms with van der Waals surface area (Å²) >= 11 is 0. The zero-order valence-electron chi connectivity index (χ0n) is 17.5. The second-order valence-corrected chi connectivity index (χ2v) is 8.44. The van der Waals surface area contributed by atoms with Gasteiger partial charge in [0, 0.05) is 11.4 Å². The second-order valence-electron chi connectivity index (χ2n) is 8.44. The van der Waals surface area contributed by atoms with Gasteiger partial charge in [-0.25, -0.2) is 0 Å². The number of hydrogen-bond donors (Lipinski definition) is 1. The van der Waals surface area contributed by atoms with E-state index in [4.69, 9.17) is 0 Å². The molecular formula is C24H35N. The number of benzene rings is 2. The first-order valence-electron chi connectivity index (χ1n) is 9.64. The van der Waals surface area contributed by atoms with Crippen LogP contribution in [0.25, 0.3) is 0 Å². The first-order valence-corrected chi connectivity index (χ1v) is 9.64. The van der Waals surface area contributed by atoms with E-state index in [2.05, 4.69) is 91.9 Å². The van der Waals surface area contributed by atoms with Gasteiger partial charge in [-0.15, -0.1) is 0 Å². The van der Waals surface area contributed by atoms with Gasteiger partial charge in [-0.2, -0.15) is 0 Å². The molecule has 0 bridgehead atoms. The van der Waals surface area contributed by atoms with Crippen molar-refractivity contribution < 1.29 is 0 Å². The zero-order valence-corrected chi connectivity index (χ0v) is 17.5. The molecule has 1 heteroatoms. The normalized spacial score (nSPS) is 11.7. The highest BCUT2D eigenvalue weighted by Crippen LogP contribution is 2.38. The summed E-state index contributed by atoms with van der Waals surface area (Å²) in [6, 6.07) is 9.34. The van der Waals surface area contributed by atoms with Crippen LogP contribution in [-0.4, -0.2) is 0 Å². The van der Waals surface area contributed by atoms with Crippen LogP contribution in [0, 0.1) is 20.8 Å². The largest absolute Gasteiger partial charge is 0.355 e.